The van der Waals surface area contributed by atoms with E-state index in [0.29, 0.717) is 17.0 Å². The van der Waals surface area contributed by atoms with E-state index in [0.717, 1.165) is 0 Å². The topological polar surface area (TPSA) is 43.1 Å². The largest absolute Gasteiger partial charge is 0.276 e. The van der Waals surface area contributed by atoms with Crippen molar-refractivity contribution in [2.75, 3.05) is 6.67 Å². The number of halogens is 1. The maximum Gasteiger partial charge on any atom is 0.276 e. The molecule has 0 aliphatic carbocycles. The summed E-state index contributed by atoms with van der Waals surface area (Å²) in [4.78, 5) is 10.6. The number of alkyl halides is 1. The second-order valence-corrected chi connectivity index (χ2v) is 4.07. The molecule has 4 heteroatoms. The van der Waals surface area contributed by atoms with Crippen molar-refractivity contribution in [3.63, 3.8) is 0 Å². The standard InChI is InChI=1S/C12H15FNO2/c1-8(2)10-5-4-6-11(9(3)7-13)12(10)14(15)16/h4-6,8H,7H2,1-3H3. The van der Waals surface area contributed by atoms with Gasteiger partial charge in [-0.15, -0.1) is 0 Å². The van der Waals surface area contributed by atoms with Gasteiger partial charge in [-0.1, -0.05) is 39.0 Å². The Hall–Kier alpha value is -1.45. The van der Waals surface area contributed by atoms with Crippen LogP contribution in [0.5, 0.6) is 0 Å². The summed E-state index contributed by atoms with van der Waals surface area (Å²) in [5, 5.41) is 11.0. The van der Waals surface area contributed by atoms with Crippen LogP contribution in [-0.4, -0.2) is 11.6 Å². The number of nitrogens with zero attached hydrogens (tertiary/aromatic N) is 1. The summed E-state index contributed by atoms with van der Waals surface area (Å²) in [6, 6.07) is 5.05. The van der Waals surface area contributed by atoms with Gasteiger partial charge < -0.3 is 0 Å². The summed E-state index contributed by atoms with van der Waals surface area (Å²) in [5.41, 5.74) is 1.08. The fraction of sp³-hybridized carbons (Fsp3) is 0.417. The van der Waals surface area contributed by atoms with Gasteiger partial charge in [-0.05, 0) is 5.92 Å². The lowest BCUT2D eigenvalue weighted by Crippen LogP contribution is -2.06. The second-order valence-electron chi connectivity index (χ2n) is 4.07. The molecular formula is C12H15FNO2. The van der Waals surface area contributed by atoms with Crippen molar-refractivity contribution in [2.45, 2.75) is 26.7 Å². The lowest BCUT2D eigenvalue weighted by atomic mass is 9.93. The van der Waals surface area contributed by atoms with E-state index < -0.39 is 11.6 Å². The van der Waals surface area contributed by atoms with Crippen LogP contribution < -0.4 is 0 Å². The Morgan fingerprint density at radius 1 is 1.50 bits per heavy atom. The SMILES string of the molecule is C[C](CF)c1cccc(C(C)C)c1[N+](=O)[O-]. The molecule has 0 spiro atoms. The van der Waals surface area contributed by atoms with Crippen LogP contribution in [0.3, 0.4) is 0 Å². The van der Waals surface area contributed by atoms with Gasteiger partial charge in [0.05, 0.1) is 11.6 Å². The molecule has 0 atom stereocenters. The van der Waals surface area contributed by atoms with Crippen LogP contribution in [-0.2, 0) is 0 Å². The Kier molecular flexibility index (Phi) is 3.99. The van der Waals surface area contributed by atoms with Gasteiger partial charge in [-0.2, -0.15) is 0 Å². The highest BCUT2D eigenvalue weighted by Crippen LogP contribution is 2.33. The van der Waals surface area contributed by atoms with E-state index in [1.807, 2.05) is 13.8 Å². The summed E-state index contributed by atoms with van der Waals surface area (Å²) < 4.78 is 12.6. The highest BCUT2D eigenvalue weighted by atomic mass is 19.1. The number of benzene rings is 1. The summed E-state index contributed by atoms with van der Waals surface area (Å²) in [5.74, 6) is 0.446. The molecule has 0 aliphatic rings. The number of nitro groups is 1. The minimum absolute atomic E-state index is 0.0349. The van der Waals surface area contributed by atoms with Gasteiger partial charge in [-0.3, -0.25) is 14.5 Å². The Balaban J connectivity index is 3.38. The third-order valence-corrected chi connectivity index (χ3v) is 2.53. The van der Waals surface area contributed by atoms with Crippen LogP contribution in [0.1, 0.15) is 37.8 Å². The molecule has 0 bridgehead atoms. The molecule has 3 nitrogen and oxygen atoms in total. The lowest BCUT2D eigenvalue weighted by Gasteiger charge is -2.12. The van der Waals surface area contributed by atoms with Gasteiger partial charge in [0, 0.05) is 17.0 Å². The van der Waals surface area contributed by atoms with Crippen molar-refractivity contribution in [1.82, 2.24) is 0 Å². The highest BCUT2D eigenvalue weighted by Gasteiger charge is 2.24. The molecule has 0 heterocycles. The molecule has 0 N–H and O–H groups in total. The predicted octanol–water partition coefficient (Wildman–Crippen LogP) is 3.63. The van der Waals surface area contributed by atoms with Crippen LogP contribution in [0, 0.1) is 16.0 Å². The van der Waals surface area contributed by atoms with Gasteiger partial charge >= 0.3 is 0 Å². The van der Waals surface area contributed by atoms with Gasteiger partial charge in [-0.25, -0.2) is 0 Å². The van der Waals surface area contributed by atoms with E-state index in [1.165, 1.54) is 0 Å². The Morgan fingerprint density at radius 3 is 2.56 bits per heavy atom. The molecule has 0 saturated carbocycles. The normalized spacial score (nSPS) is 11.1. The van der Waals surface area contributed by atoms with Crippen LogP contribution in [0.4, 0.5) is 10.1 Å². The van der Waals surface area contributed by atoms with Crippen molar-refractivity contribution in [3.8, 4) is 0 Å². The molecule has 1 aromatic rings. The first-order valence-corrected chi connectivity index (χ1v) is 5.15. The van der Waals surface area contributed by atoms with Crippen molar-refractivity contribution in [2.24, 2.45) is 0 Å². The van der Waals surface area contributed by atoms with Gasteiger partial charge in [0.25, 0.3) is 5.69 Å². The van der Waals surface area contributed by atoms with Crippen LogP contribution in [0.15, 0.2) is 18.2 Å². The molecule has 0 saturated heterocycles. The number of hydrogen-bond acceptors (Lipinski definition) is 2. The molecule has 87 valence electrons. The average molecular weight is 224 g/mol. The highest BCUT2D eigenvalue weighted by molar-refractivity contribution is 5.54. The van der Waals surface area contributed by atoms with Crippen LogP contribution in [0.25, 0.3) is 0 Å². The van der Waals surface area contributed by atoms with Crippen LogP contribution in [0.2, 0.25) is 0 Å². The van der Waals surface area contributed by atoms with E-state index in [9.17, 15) is 14.5 Å². The Morgan fingerprint density at radius 2 is 2.12 bits per heavy atom. The first kappa shape index (κ1) is 12.6. The maximum absolute atomic E-state index is 12.6. The third kappa shape index (κ3) is 2.38. The number of nitro benzene ring substituents is 1. The first-order valence-electron chi connectivity index (χ1n) is 5.15. The molecule has 1 radical (unpaired) electrons. The van der Waals surface area contributed by atoms with Gasteiger partial charge in [0.1, 0.15) is 0 Å². The fourth-order valence-corrected chi connectivity index (χ4v) is 1.65. The fourth-order valence-electron chi connectivity index (χ4n) is 1.65. The molecule has 1 aromatic carbocycles. The number of para-hydroxylation sites is 1. The zero-order valence-electron chi connectivity index (χ0n) is 9.66. The molecular weight excluding hydrogens is 209 g/mol. The summed E-state index contributed by atoms with van der Waals surface area (Å²) in [6.07, 6.45) is 0. The molecule has 16 heavy (non-hydrogen) atoms. The zero-order chi connectivity index (χ0) is 12.3. The van der Waals surface area contributed by atoms with Gasteiger partial charge in [0.2, 0.25) is 0 Å². The van der Waals surface area contributed by atoms with Crippen molar-refractivity contribution in [3.05, 3.63) is 45.4 Å². The van der Waals surface area contributed by atoms with E-state index in [-0.39, 0.29) is 11.6 Å². The first-order chi connectivity index (χ1) is 7.49. The third-order valence-electron chi connectivity index (χ3n) is 2.53. The number of rotatable bonds is 4. The molecule has 0 unspecified atom stereocenters. The second kappa shape index (κ2) is 5.05. The summed E-state index contributed by atoms with van der Waals surface area (Å²) in [6.45, 7) is 4.68. The summed E-state index contributed by atoms with van der Waals surface area (Å²) in [7, 11) is 0. The minimum Gasteiger partial charge on any atom is -0.258 e. The van der Waals surface area contributed by atoms with Crippen LogP contribution >= 0.6 is 0 Å². The maximum atomic E-state index is 12.6. The van der Waals surface area contributed by atoms with Crippen molar-refractivity contribution in [1.29, 1.82) is 0 Å². The van der Waals surface area contributed by atoms with Crippen molar-refractivity contribution < 1.29 is 9.31 Å². The molecule has 0 aliphatic heterocycles. The lowest BCUT2D eigenvalue weighted by molar-refractivity contribution is -0.386. The van der Waals surface area contributed by atoms with E-state index in [4.69, 9.17) is 0 Å². The van der Waals surface area contributed by atoms with Crippen molar-refractivity contribution >= 4 is 5.69 Å². The minimum atomic E-state index is -0.664. The number of hydrogen-bond donors (Lipinski definition) is 0. The van der Waals surface area contributed by atoms with E-state index in [2.05, 4.69) is 0 Å². The average Bonchev–Trinajstić information content (AvgIpc) is 2.26. The van der Waals surface area contributed by atoms with E-state index >= 15 is 0 Å². The molecule has 0 amide bonds. The monoisotopic (exact) mass is 224 g/mol. The Bertz CT molecular complexity index is 391. The predicted molar refractivity (Wildman–Crippen MR) is 61.2 cm³/mol. The molecule has 1 rings (SSSR count). The molecule has 0 aromatic heterocycles. The summed E-state index contributed by atoms with van der Waals surface area (Å²) >= 11 is 0. The van der Waals surface area contributed by atoms with Gasteiger partial charge in [0.15, 0.2) is 0 Å². The smallest absolute Gasteiger partial charge is 0.258 e. The molecule has 0 fully saturated rings. The van der Waals surface area contributed by atoms with E-state index in [1.54, 1.807) is 25.1 Å². The quantitative estimate of drug-likeness (QED) is 0.579. The zero-order valence-corrected chi connectivity index (χ0v) is 9.66. The Labute approximate surface area is 94.4 Å².